The largest absolute Gasteiger partial charge is 0.480 e. The fraction of sp³-hybridized carbons (Fsp3) is 0.435. The van der Waals surface area contributed by atoms with Crippen LogP contribution in [0.3, 0.4) is 0 Å². The third kappa shape index (κ3) is 7.43. The molecule has 0 radical (unpaired) electrons. The van der Waals surface area contributed by atoms with Crippen LogP contribution in [0.15, 0.2) is 48.8 Å². The van der Waals surface area contributed by atoms with Crippen molar-refractivity contribution < 1.29 is 14.7 Å². The summed E-state index contributed by atoms with van der Waals surface area (Å²) in [7, 11) is 0. The van der Waals surface area contributed by atoms with Gasteiger partial charge in [-0.3, -0.25) is 9.78 Å². The van der Waals surface area contributed by atoms with Crippen molar-refractivity contribution in [3.63, 3.8) is 0 Å². The van der Waals surface area contributed by atoms with Gasteiger partial charge in [0.1, 0.15) is 6.04 Å². The molecular formula is C23H30ClN3O3. The third-order valence-corrected chi connectivity index (χ3v) is 5.19. The molecule has 162 valence electrons. The van der Waals surface area contributed by atoms with Crippen molar-refractivity contribution in [2.24, 2.45) is 5.92 Å². The molecule has 2 rings (SSSR count). The smallest absolute Gasteiger partial charge is 0.326 e. The zero-order chi connectivity index (χ0) is 22.1. The number of aliphatic carboxylic acids is 1. The van der Waals surface area contributed by atoms with E-state index in [9.17, 15) is 14.7 Å². The number of halogens is 1. The van der Waals surface area contributed by atoms with E-state index in [-0.39, 0.29) is 30.8 Å². The van der Waals surface area contributed by atoms with E-state index in [1.807, 2.05) is 39.0 Å². The maximum atomic E-state index is 13.2. The van der Waals surface area contributed by atoms with Gasteiger partial charge in [-0.1, -0.05) is 49.7 Å². The van der Waals surface area contributed by atoms with E-state index in [2.05, 4.69) is 10.3 Å². The SMILES string of the molecule is CC(C)CC(C(=O)O)N(C[C@H](C)NCc1cccnc1)C(=O)Cc1ccccc1Cl. The van der Waals surface area contributed by atoms with E-state index in [4.69, 9.17) is 11.6 Å². The fourth-order valence-corrected chi connectivity index (χ4v) is 3.47. The van der Waals surface area contributed by atoms with Crippen molar-refractivity contribution in [2.75, 3.05) is 6.54 Å². The van der Waals surface area contributed by atoms with Crippen molar-refractivity contribution in [1.82, 2.24) is 15.2 Å². The molecular weight excluding hydrogens is 402 g/mol. The van der Waals surface area contributed by atoms with Crippen molar-refractivity contribution in [3.8, 4) is 0 Å². The van der Waals surface area contributed by atoms with E-state index >= 15 is 0 Å². The summed E-state index contributed by atoms with van der Waals surface area (Å²) in [6.45, 7) is 6.73. The van der Waals surface area contributed by atoms with Crippen LogP contribution in [0.1, 0.15) is 38.3 Å². The maximum Gasteiger partial charge on any atom is 0.326 e. The van der Waals surface area contributed by atoms with Crippen LogP contribution in [0.4, 0.5) is 0 Å². The first-order valence-electron chi connectivity index (χ1n) is 10.2. The lowest BCUT2D eigenvalue weighted by Gasteiger charge is -2.33. The van der Waals surface area contributed by atoms with Gasteiger partial charge >= 0.3 is 5.97 Å². The van der Waals surface area contributed by atoms with Crippen LogP contribution >= 0.6 is 11.6 Å². The molecule has 0 aliphatic carbocycles. The standard InChI is InChI=1S/C23H30ClN3O3/c1-16(2)11-21(23(29)30)27(22(28)12-19-8-4-5-9-20(19)24)15-17(3)26-14-18-7-6-10-25-13-18/h4-10,13,16-17,21,26H,11-12,14-15H2,1-3H3,(H,29,30)/t17-,21?/m0/s1. The monoisotopic (exact) mass is 431 g/mol. The molecule has 0 saturated carbocycles. The van der Waals surface area contributed by atoms with Crippen LogP contribution in [-0.2, 0) is 22.6 Å². The van der Waals surface area contributed by atoms with Crippen LogP contribution in [-0.4, -0.2) is 45.5 Å². The van der Waals surface area contributed by atoms with Crippen LogP contribution < -0.4 is 5.32 Å². The molecule has 2 aromatic rings. The number of benzene rings is 1. The second-order valence-corrected chi connectivity index (χ2v) is 8.35. The molecule has 30 heavy (non-hydrogen) atoms. The van der Waals surface area contributed by atoms with Gasteiger partial charge in [0, 0.05) is 36.5 Å². The zero-order valence-corrected chi connectivity index (χ0v) is 18.5. The van der Waals surface area contributed by atoms with Gasteiger partial charge in [0.15, 0.2) is 0 Å². The van der Waals surface area contributed by atoms with Gasteiger partial charge in [0.05, 0.1) is 6.42 Å². The number of nitrogens with one attached hydrogen (secondary N) is 1. The van der Waals surface area contributed by atoms with Crippen molar-refractivity contribution in [3.05, 3.63) is 64.9 Å². The van der Waals surface area contributed by atoms with Gasteiger partial charge in [0.25, 0.3) is 0 Å². The van der Waals surface area contributed by atoms with E-state index < -0.39 is 12.0 Å². The third-order valence-electron chi connectivity index (χ3n) is 4.82. The number of hydrogen-bond donors (Lipinski definition) is 2. The summed E-state index contributed by atoms with van der Waals surface area (Å²) in [6, 6.07) is 9.99. The molecule has 0 fully saturated rings. The number of carbonyl (C=O) groups excluding carboxylic acids is 1. The summed E-state index contributed by atoms with van der Waals surface area (Å²) >= 11 is 6.22. The van der Waals surface area contributed by atoms with E-state index in [0.29, 0.717) is 23.6 Å². The summed E-state index contributed by atoms with van der Waals surface area (Å²) in [4.78, 5) is 30.8. The lowest BCUT2D eigenvalue weighted by atomic mass is 10.0. The molecule has 0 aliphatic heterocycles. The first kappa shape index (κ1) is 23.8. The Hall–Kier alpha value is -2.44. The van der Waals surface area contributed by atoms with Gasteiger partial charge in [-0.15, -0.1) is 0 Å². The van der Waals surface area contributed by atoms with Crippen molar-refractivity contribution in [1.29, 1.82) is 0 Å². The Bertz CT molecular complexity index is 829. The average Bonchev–Trinajstić information content (AvgIpc) is 2.71. The van der Waals surface area contributed by atoms with E-state index in [1.165, 1.54) is 4.90 Å². The Balaban J connectivity index is 2.15. The number of rotatable bonds is 11. The highest BCUT2D eigenvalue weighted by atomic mass is 35.5. The highest BCUT2D eigenvalue weighted by Crippen LogP contribution is 2.19. The molecule has 6 nitrogen and oxygen atoms in total. The second-order valence-electron chi connectivity index (χ2n) is 7.94. The molecule has 2 atom stereocenters. The minimum atomic E-state index is -0.990. The van der Waals surface area contributed by atoms with Gasteiger partial charge in [0.2, 0.25) is 5.91 Å². The lowest BCUT2D eigenvalue weighted by molar-refractivity contribution is -0.151. The van der Waals surface area contributed by atoms with Gasteiger partial charge < -0.3 is 15.3 Å². The number of nitrogens with zero attached hydrogens (tertiary/aromatic N) is 2. The molecule has 7 heteroatoms. The minimum Gasteiger partial charge on any atom is -0.480 e. The predicted molar refractivity (Wildman–Crippen MR) is 118 cm³/mol. The van der Waals surface area contributed by atoms with Gasteiger partial charge in [-0.2, -0.15) is 0 Å². The first-order valence-corrected chi connectivity index (χ1v) is 10.5. The summed E-state index contributed by atoms with van der Waals surface area (Å²) in [5.74, 6) is -1.10. The summed E-state index contributed by atoms with van der Waals surface area (Å²) < 4.78 is 0. The maximum absolute atomic E-state index is 13.2. The molecule has 1 aromatic heterocycles. The molecule has 1 heterocycles. The minimum absolute atomic E-state index is 0.0663. The Morgan fingerprint density at radius 3 is 2.50 bits per heavy atom. The molecule has 1 aromatic carbocycles. The number of hydrogen-bond acceptors (Lipinski definition) is 4. The van der Waals surface area contributed by atoms with Gasteiger partial charge in [-0.25, -0.2) is 4.79 Å². The fourth-order valence-electron chi connectivity index (χ4n) is 3.27. The summed E-state index contributed by atoms with van der Waals surface area (Å²) in [5.41, 5.74) is 1.72. The molecule has 0 bridgehead atoms. The summed E-state index contributed by atoms with van der Waals surface area (Å²) in [6.07, 6.45) is 3.94. The number of pyridine rings is 1. The number of amides is 1. The van der Waals surface area contributed by atoms with Crippen LogP contribution in [0.5, 0.6) is 0 Å². The number of carbonyl (C=O) groups is 2. The highest BCUT2D eigenvalue weighted by Gasteiger charge is 2.31. The van der Waals surface area contributed by atoms with Gasteiger partial charge in [-0.05, 0) is 42.5 Å². The molecule has 1 amide bonds. The Morgan fingerprint density at radius 2 is 1.90 bits per heavy atom. The topological polar surface area (TPSA) is 82.5 Å². The number of carboxylic acid groups (broad SMARTS) is 1. The molecule has 0 spiro atoms. The van der Waals surface area contributed by atoms with E-state index in [0.717, 1.165) is 5.56 Å². The Kier molecular flexibility index (Phi) is 9.27. The molecule has 2 N–H and O–H groups in total. The number of aromatic nitrogens is 1. The average molecular weight is 432 g/mol. The Morgan fingerprint density at radius 1 is 1.17 bits per heavy atom. The highest BCUT2D eigenvalue weighted by molar-refractivity contribution is 6.31. The molecule has 1 unspecified atom stereocenters. The quantitative estimate of drug-likeness (QED) is 0.565. The van der Waals surface area contributed by atoms with Crippen molar-refractivity contribution in [2.45, 2.75) is 52.2 Å². The lowest BCUT2D eigenvalue weighted by Crippen LogP contribution is -2.51. The van der Waals surface area contributed by atoms with E-state index in [1.54, 1.807) is 30.6 Å². The van der Waals surface area contributed by atoms with Crippen molar-refractivity contribution >= 4 is 23.5 Å². The zero-order valence-electron chi connectivity index (χ0n) is 17.7. The number of carboxylic acids is 1. The van der Waals surface area contributed by atoms with Crippen LogP contribution in [0, 0.1) is 5.92 Å². The normalized spacial score (nSPS) is 13.1. The predicted octanol–water partition coefficient (Wildman–Crippen LogP) is 3.78. The first-order chi connectivity index (χ1) is 14.3. The second kappa shape index (κ2) is 11.7. The molecule has 0 aliphatic rings. The summed E-state index contributed by atoms with van der Waals surface area (Å²) in [5, 5.41) is 13.7. The molecule has 0 saturated heterocycles. The Labute approximate surface area is 183 Å². The van der Waals surface area contributed by atoms with Crippen LogP contribution in [0.2, 0.25) is 5.02 Å². The van der Waals surface area contributed by atoms with Crippen LogP contribution in [0.25, 0.3) is 0 Å².